The minimum Gasteiger partial charge on any atom is -0.398 e. The minimum absolute atomic E-state index is 0.805. The van der Waals surface area contributed by atoms with Gasteiger partial charge in [-0.3, -0.25) is 4.98 Å². The van der Waals surface area contributed by atoms with Crippen molar-refractivity contribution < 1.29 is 0 Å². The Morgan fingerprint density at radius 1 is 1.00 bits per heavy atom. The van der Waals surface area contributed by atoms with E-state index in [1.165, 1.54) is 5.56 Å². The molecule has 0 atom stereocenters. The first-order valence-electron chi connectivity index (χ1n) is 6.53. The van der Waals surface area contributed by atoms with E-state index in [-0.39, 0.29) is 0 Å². The second-order valence-corrected chi connectivity index (χ2v) is 4.62. The van der Waals surface area contributed by atoms with Gasteiger partial charge in [0.25, 0.3) is 0 Å². The fourth-order valence-electron chi connectivity index (χ4n) is 2.36. The largest absolute Gasteiger partial charge is 0.398 e. The third-order valence-electron chi connectivity index (χ3n) is 3.37. The maximum absolute atomic E-state index is 6.14. The van der Waals surface area contributed by atoms with Crippen molar-refractivity contribution in [3.63, 3.8) is 0 Å². The van der Waals surface area contributed by atoms with Crippen molar-refractivity contribution in [2.45, 2.75) is 13.3 Å². The number of nitrogens with two attached hydrogens (primary N) is 1. The number of anilines is 1. The topological polar surface area (TPSA) is 38.9 Å². The second-order valence-electron chi connectivity index (χ2n) is 4.62. The Labute approximate surface area is 112 Å². The number of nitrogens with zero attached hydrogens (tertiary/aromatic N) is 1. The van der Waals surface area contributed by atoms with Crippen LogP contribution in [0.2, 0.25) is 0 Å². The van der Waals surface area contributed by atoms with E-state index < -0.39 is 0 Å². The number of para-hydroxylation sites is 1. The molecule has 0 aliphatic rings. The number of nitrogen functional groups attached to an aromatic ring is 1. The summed E-state index contributed by atoms with van der Waals surface area (Å²) in [6, 6.07) is 18.4. The number of aromatic nitrogens is 1. The van der Waals surface area contributed by atoms with Crippen LogP contribution in [-0.2, 0) is 6.42 Å². The lowest BCUT2D eigenvalue weighted by atomic mass is 10.0. The molecule has 0 aliphatic carbocycles. The van der Waals surface area contributed by atoms with Crippen LogP contribution < -0.4 is 5.73 Å². The van der Waals surface area contributed by atoms with Crippen LogP contribution in [0.15, 0.2) is 54.6 Å². The summed E-state index contributed by atoms with van der Waals surface area (Å²) in [5, 5.41) is 1.03. The van der Waals surface area contributed by atoms with E-state index in [9.17, 15) is 0 Å². The van der Waals surface area contributed by atoms with Gasteiger partial charge in [0, 0.05) is 22.3 Å². The molecule has 19 heavy (non-hydrogen) atoms. The van der Waals surface area contributed by atoms with Crippen LogP contribution in [0.25, 0.3) is 22.0 Å². The van der Waals surface area contributed by atoms with Crippen molar-refractivity contribution in [3.8, 4) is 11.1 Å². The first-order chi connectivity index (χ1) is 9.29. The molecule has 2 aromatic carbocycles. The average molecular weight is 248 g/mol. The molecule has 1 heterocycles. The number of hydrogen-bond donors (Lipinski definition) is 1. The number of aryl methyl sites for hydroxylation is 1. The van der Waals surface area contributed by atoms with Crippen LogP contribution in [0, 0.1) is 0 Å². The van der Waals surface area contributed by atoms with Crippen LogP contribution in [-0.4, -0.2) is 4.98 Å². The van der Waals surface area contributed by atoms with Gasteiger partial charge < -0.3 is 5.73 Å². The second kappa shape index (κ2) is 4.73. The van der Waals surface area contributed by atoms with Gasteiger partial charge in [-0.25, -0.2) is 0 Å². The zero-order valence-corrected chi connectivity index (χ0v) is 10.9. The Balaban J connectivity index is 2.34. The predicted octanol–water partition coefficient (Wildman–Crippen LogP) is 4.05. The summed E-state index contributed by atoms with van der Waals surface area (Å²) < 4.78 is 0. The smallest absolute Gasteiger partial charge is 0.0804 e. The quantitative estimate of drug-likeness (QED) is 0.743. The Bertz CT molecular complexity index is 718. The van der Waals surface area contributed by atoms with E-state index in [4.69, 9.17) is 10.7 Å². The average Bonchev–Trinajstić information content (AvgIpc) is 2.47. The molecule has 3 rings (SSSR count). The Morgan fingerprint density at radius 2 is 1.79 bits per heavy atom. The predicted molar refractivity (Wildman–Crippen MR) is 81.0 cm³/mol. The molecule has 3 aromatic rings. The number of pyridine rings is 1. The fourth-order valence-corrected chi connectivity index (χ4v) is 2.36. The normalized spacial score (nSPS) is 10.8. The van der Waals surface area contributed by atoms with Crippen molar-refractivity contribution >= 4 is 16.6 Å². The molecule has 1 aromatic heterocycles. The first kappa shape index (κ1) is 11.7. The molecule has 2 heteroatoms. The summed E-state index contributed by atoms with van der Waals surface area (Å²) in [6.07, 6.45) is 0.892. The summed E-state index contributed by atoms with van der Waals surface area (Å²) in [7, 11) is 0. The van der Waals surface area contributed by atoms with E-state index in [0.717, 1.165) is 34.3 Å². The van der Waals surface area contributed by atoms with Gasteiger partial charge in [-0.1, -0.05) is 55.5 Å². The molecular weight excluding hydrogens is 232 g/mol. The molecule has 0 saturated carbocycles. The van der Waals surface area contributed by atoms with E-state index >= 15 is 0 Å². The molecule has 0 radical (unpaired) electrons. The van der Waals surface area contributed by atoms with Crippen molar-refractivity contribution in [1.29, 1.82) is 0 Å². The molecule has 0 amide bonds. The lowest BCUT2D eigenvalue weighted by molar-refractivity contribution is 1.06. The molecule has 0 bridgehead atoms. The third-order valence-corrected chi connectivity index (χ3v) is 3.37. The summed E-state index contributed by atoms with van der Waals surface area (Å²) in [6.45, 7) is 2.10. The maximum atomic E-state index is 6.14. The van der Waals surface area contributed by atoms with Crippen molar-refractivity contribution in [2.75, 3.05) is 5.73 Å². The van der Waals surface area contributed by atoms with E-state index in [0.29, 0.717) is 0 Å². The van der Waals surface area contributed by atoms with Gasteiger partial charge in [-0.05, 0) is 18.1 Å². The SMILES string of the molecule is CCc1cc(N)c2cccc(-c3ccccc3)c2n1. The maximum Gasteiger partial charge on any atom is 0.0804 e. The zero-order valence-electron chi connectivity index (χ0n) is 10.9. The van der Waals surface area contributed by atoms with E-state index in [1.54, 1.807) is 0 Å². The highest BCUT2D eigenvalue weighted by atomic mass is 14.7. The monoisotopic (exact) mass is 248 g/mol. The Morgan fingerprint density at radius 3 is 2.53 bits per heavy atom. The van der Waals surface area contributed by atoms with Crippen LogP contribution in [0.4, 0.5) is 5.69 Å². The van der Waals surface area contributed by atoms with Crippen molar-refractivity contribution in [2.24, 2.45) is 0 Å². The van der Waals surface area contributed by atoms with Gasteiger partial charge in [0.05, 0.1) is 5.52 Å². The van der Waals surface area contributed by atoms with Gasteiger partial charge in [0.15, 0.2) is 0 Å². The van der Waals surface area contributed by atoms with Gasteiger partial charge in [0.1, 0.15) is 0 Å². The number of benzene rings is 2. The van der Waals surface area contributed by atoms with Gasteiger partial charge in [0.2, 0.25) is 0 Å². The van der Waals surface area contributed by atoms with Crippen LogP contribution >= 0.6 is 0 Å². The zero-order chi connectivity index (χ0) is 13.2. The van der Waals surface area contributed by atoms with Crippen molar-refractivity contribution in [1.82, 2.24) is 4.98 Å². The summed E-state index contributed by atoms with van der Waals surface area (Å²) in [4.78, 5) is 4.75. The van der Waals surface area contributed by atoms with E-state index in [1.807, 2.05) is 36.4 Å². The molecule has 0 aliphatic heterocycles. The van der Waals surface area contributed by atoms with Gasteiger partial charge in [-0.15, -0.1) is 0 Å². The number of rotatable bonds is 2. The van der Waals surface area contributed by atoms with E-state index in [2.05, 4.69) is 25.1 Å². The summed E-state index contributed by atoms with van der Waals surface area (Å²) in [5.74, 6) is 0. The first-order valence-corrected chi connectivity index (χ1v) is 6.53. The molecule has 0 fully saturated rings. The van der Waals surface area contributed by atoms with Crippen LogP contribution in [0.5, 0.6) is 0 Å². The molecular formula is C17H16N2. The third kappa shape index (κ3) is 2.06. The molecule has 0 spiro atoms. The Hall–Kier alpha value is -2.35. The molecule has 94 valence electrons. The summed E-state index contributed by atoms with van der Waals surface area (Å²) in [5.41, 5.74) is 11.3. The van der Waals surface area contributed by atoms with Gasteiger partial charge >= 0.3 is 0 Å². The molecule has 2 nitrogen and oxygen atoms in total. The number of hydrogen-bond acceptors (Lipinski definition) is 2. The lowest BCUT2D eigenvalue weighted by Gasteiger charge is -2.09. The summed E-state index contributed by atoms with van der Waals surface area (Å²) >= 11 is 0. The van der Waals surface area contributed by atoms with Crippen molar-refractivity contribution in [3.05, 3.63) is 60.3 Å². The highest BCUT2D eigenvalue weighted by Crippen LogP contribution is 2.30. The van der Waals surface area contributed by atoms with Gasteiger partial charge in [-0.2, -0.15) is 0 Å². The molecule has 0 saturated heterocycles. The lowest BCUT2D eigenvalue weighted by Crippen LogP contribution is -1.96. The highest BCUT2D eigenvalue weighted by molar-refractivity contribution is 5.99. The highest BCUT2D eigenvalue weighted by Gasteiger charge is 2.08. The number of fused-ring (bicyclic) bond motifs is 1. The molecule has 0 unspecified atom stereocenters. The minimum atomic E-state index is 0.805. The molecule has 2 N–H and O–H groups in total. The van der Waals surface area contributed by atoms with Crippen LogP contribution in [0.1, 0.15) is 12.6 Å². The Kier molecular flexibility index (Phi) is 2.92. The standard InChI is InChI=1S/C17H16N2/c1-2-13-11-16(18)15-10-6-9-14(17(15)19-13)12-7-4-3-5-8-12/h3-11H,2H2,1H3,(H2,18,19). The fraction of sp³-hybridized carbons (Fsp3) is 0.118. The van der Waals surface area contributed by atoms with Crippen LogP contribution in [0.3, 0.4) is 0 Å².